The Bertz CT molecular complexity index is 656. The van der Waals surface area contributed by atoms with E-state index in [1.165, 1.54) is 16.2 Å². The van der Waals surface area contributed by atoms with Gasteiger partial charge in [-0.15, -0.1) is 0 Å². The first-order chi connectivity index (χ1) is 7.90. The monoisotopic (exact) mass is 208 g/mol. The van der Waals surface area contributed by atoms with E-state index in [-0.39, 0.29) is 6.61 Å². The molecule has 0 heterocycles. The van der Waals surface area contributed by atoms with Gasteiger partial charge in [-0.1, -0.05) is 48.5 Å². The highest BCUT2D eigenvalue weighted by atomic mass is 16.3. The van der Waals surface area contributed by atoms with Crippen LogP contribution in [0.1, 0.15) is 5.56 Å². The van der Waals surface area contributed by atoms with Gasteiger partial charge in [0.2, 0.25) is 0 Å². The molecule has 0 unspecified atom stereocenters. The van der Waals surface area contributed by atoms with E-state index in [1.54, 1.807) is 0 Å². The van der Waals surface area contributed by atoms with Gasteiger partial charge in [-0.05, 0) is 33.2 Å². The van der Waals surface area contributed by atoms with Crippen molar-refractivity contribution in [3.63, 3.8) is 0 Å². The van der Waals surface area contributed by atoms with Crippen LogP contribution >= 0.6 is 0 Å². The van der Waals surface area contributed by atoms with Gasteiger partial charge in [0.05, 0.1) is 6.61 Å². The van der Waals surface area contributed by atoms with Crippen LogP contribution in [0.5, 0.6) is 0 Å². The molecule has 0 saturated heterocycles. The molecule has 0 aliphatic carbocycles. The number of fused-ring (bicyclic) bond motifs is 3. The molecule has 0 amide bonds. The summed E-state index contributed by atoms with van der Waals surface area (Å²) < 4.78 is 0. The van der Waals surface area contributed by atoms with Crippen LogP contribution in [0.2, 0.25) is 0 Å². The van der Waals surface area contributed by atoms with Crippen molar-refractivity contribution in [3.05, 3.63) is 60.2 Å². The summed E-state index contributed by atoms with van der Waals surface area (Å²) in [6.07, 6.45) is 0. The van der Waals surface area contributed by atoms with Gasteiger partial charge in [0.15, 0.2) is 0 Å². The molecule has 1 N–H and O–H groups in total. The van der Waals surface area contributed by atoms with Gasteiger partial charge in [0.1, 0.15) is 0 Å². The second-order valence-corrected chi connectivity index (χ2v) is 3.96. The fourth-order valence-electron chi connectivity index (χ4n) is 2.26. The van der Waals surface area contributed by atoms with Crippen molar-refractivity contribution in [1.82, 2.24) is 0 Å². The van der Waals surface area contributed by atoms with E-state index < -0.39 is 0 Å². The largest absolute Gasteiger partial charge is 0.392 e. The molecule has 0 spiro atoms. The third-order valence-electron chi connectivity index (χ3n) is 3.02. The molecule has 0 atom stereocenters. The highest BCUT2D eigenvalue weighted by Crippen LogP contribution is 2.28. The summed E-state index contributed by atoms with van der Waals surface area (Å²) in [5, 5.41) is 14.2. The Labute approximate surface area is 94.0 Å². The van der Waals surface area contributed by atoms with Crippen LogP contribution in [0.25, 0.3) is 21.5 Å². The van der Waals surface area contributed by atoms with Gasteiger partial charge in [0, 0.05) is 0 Å². The molecule has 3 rings (SSSR count). The minimum absolute atomic E-state index is 0.0886. The predicted octanol–water partition coefficient (Wildman–Crippen LogP) is 3.49. The standard InChI is InChI=1S/C15H12O/c16-10-12-9-11-5-1-2-6-13(11)15-8-4-3-7-14(12)15/h1-9,16H,10H2. The molecule has 78 valence electrons. The molecule has 0 aromatic heterocycles. The number of aliphatic hydroxyl groups is 1. The van der Waals surface area contributed by atoms with Crippen molar-refractivity contribution in [3.8, 4) is 0 Å². The van der Waals surface area contributed by atoms with Crippen LogP contribution in [0, 0.1) is 0 Å². The van der Waals surface area contributed by atoms with Crippen LogP contribution in [0.4, 0.5) is 0 Å². The third-order valence-corrected chi connectivity index (χ3v) is 3.02. The maximum absolute atomic E-state index is 9.40. The number of hydrogen-bond acceptors (Lipinski definition) is 1. The summed E-state index contributed by atoms with van der Waals surface area (Å²) >= 11 is 0. The first-order valence-corrected chi connectivity index (χ1v) is 5.40. The topological polar surface area (TPSA) is 20.2 Å². The SMILES string of the molecule is OCc1cc2ccccc2c2ccccc12. The molecule has 3 aromatic rings. The molecule has 1 heteroatoms. The van der Waals surface area contributed by atoms with Crippen molar-refractivity contribution in [2.24, 2.45) is 0 Å². The summed E-state index contributed by atoms with van der Waals surface area (Å²) in [6.45, 7) is 0.0886. The van der Waals surface area contributed by atoms with Crippen LogP contribution in [-0.2, 0) is 6.61 Å². The molecule has 0 aliphatic heterocycles. The van der Waals surface area contributed by atoms with E-state index in [0.717, 1.165) is 10.9 Å². The highest BCUT2D eigenvalue weighted by Gasteiger charge is 2.04. The third kappa shape index (κ3) is 1.29. The van der Waals surface area contributed by atoms with E-state index >= 15 is 0 Å². The van der Waals surface area contributed by atoms with Crippen molar-refractivity contribution >= 4 is 21.5 Å². The highest BCUT2D eigenvalue weighted by molar-refractivity contribution is 6.08. The minimum atomic E-state index is 0.0886. The maximum atomic E-state index is 9.40. The Morgan fingerprint density at radius 2 is 1.38 bits per heavy atom. The molecule has 0 radical (unpaired) electrons. The van der Waals surface area contributed by atoms with E-state index in [9.17, 15) is 5.11 Å². The Balaban J connectivity index is 2.57. The fourth-order valence-corrected chi connectivity index (χ4v) is 2.26. The number of rotatable bonds is 1. The van der Waals surface area contributed by atoms with Crippen molar-refractivity contribution in [2.75, 3.05) is 0 Å². The second-order valence-electron chi connectivity index (χ2n) is 3.96. The Morgan fingerprint density at radius 1 is 0.750 bits per heavy atom. The lowest BCUT2D eigenvalue weighted by Crippen LogP contribution is -1.87. The molecule has 0 saturated carbocycles. The van der Waals surface area contributed by atoms with Gasteiger partial charge in [0.25, 0.3) is 0 Å². The molecular formula is C15H12O. The minimum Gasteiger partial charge on any atom is -0.392 e. The molecule has 1 nitrogen and oxygen atoms in total. The molecular weight excluding hydrogens is 196 g/mol. The maximum Gasteiger partial charge on any atom is 0.0688 e. The van der Waals surface area contributed by atoms with Crippen LogP contribution < -0.4 is 0 Å². The Morgan fingerprint density at radius 3 is 2.12 bits per heavy atom. The zero-order valence-electron chi connectivity index (χ0n) is 8.85. The molecule has 16 heavy (non-hydrogen) atoms. The van der Waals surface area contributed by atoms with Gasteiger partial charge in [-0.2, -0.15) is 0 Å². The van der Waals surface area contributed by atoms with Crippen molar-refractivity contribution in [1.29, 1.82) is 0 Å². The second kappa shape index (κ2) is 3.62. The van der Waals surface area contributed by atoms with Gasteiger partial charge >= 0.3 is 0 Å². The summed E-state index contributed by atoms with van der Waals surface area (Å²) in [5.41, 5.74) is 0.995. The normalized spacial score (nSPS) is 11.1. The first kappa shape index (κ1) is 9.37. The summed E-state index contributed by atoms with van der Waals surface area (Å²) in [6, 6.07) is 18.6. The van der Waals surface area contributed by atoms with E-state index in [1.807, 2.05) is 24.3 Å². The number of benzene rings is 3. The van der Waals surface area contributed by atoms with E-state index in [0.29, 0.717) is 0 Å². The average Bonchev–Trinajstić information content (AvgIpc) is 2.38. The molecule has 3 aromatic carbocycles. The molecule has 0 aliphatic rings. The Kier molecular flexibility index (Phi) is 2.12. The van der Waals surface area contributed by atoms with E-state index in [4.69, 9.17) is 0 Å². The van der Waals surface area contributed by atoms with Gasteiger partial charge in [-0.3, -0.25) is 0 Å². The molecule has 0 bridgehead atoms. The average molecular weight is 208 g/mol. The lowest BCUT2D eigenvalue weighted by Gasteiger charge is -2.08. The molecule has 0 fully saturated rings. The predicted molar refractivity (Wildman–Crippen MR) is 67.4 cm³/mol. The quantitative estimate of drug-likeness (QED) is 0.607. The fraction of sp³-hybridized carbons (Fsp3) is 0.0667. The summed E-state index contributed by atoms with van der Waals surface area (Å²) in [5.74, 6) is 0. The zero-order chi connectivity index (χ0) is 11.0. The van der Waals surface area contributed by atoms with Crippen molar-refractivity contribution in [2.45, 2.75) is 6.61 Å². The lowest BCUT2D eigenvalue weighted by atomic mass is 9.98. The van der Waals surface area contributed by atoms with Crippen molar-refractivity contribution < 1.29 is 5.11 Å². The summed E-state index contributed by atoms with van der Waals surface area (Å²) in [4.78, 5) is 0. The first-order valence-electron chi connectivity index (χ1n) is 5.40. The van der Waals surface area contributed by atoms with Crippen LogP contribution in [-0.4, -0.2) is 5.11 Å². The van der Waals surface area contributed by atoms with Crippen LogP contribution in [0.3, 0.4) is 0 Å². The summed E-state index contributed by atoms with van der Waals surface area (Å²) in [7, 11) is 0. The number of hydrogen-bond donors (Lipinski definition) is 1. The smallest absolute Gasteiger partial charge is 0.0688 e. The van der Waals surface area contributed by atoms with Gasteiger partial charge in [-0.25, -0.2) is 0 Å². The zero-order valence-corrected chi connectivity index (χ0v) is 8.85. The van der Waals surface area contributed by atoms with Gasteiger partial charge < -0.3 is 5.11 Å². The number of aliphatic hydroxyl groups excluding tert-OH is 1. The lowest BCUT2D eigenvalue weighted by molar-refractivity contribution is 0.283. The van der Waals surface area contributed by atoms with E-state index in [2.05, 4.69) is 30.3 Å². The Hall–Kier alpha value is -1.86. The van der Waals surface area contributed by atoms with Crippen LogP contribution in [0.15, 0.2) is 54.6 Å².